The van der Waals surface area contributed by atoms with Crippen LogP contribution in [0.5, 0.6) is 5.75 Å². The first kappa shape index (κ1) is 14.1. The number of esters is 1. The minimum atomic E-state index is -4.00. The molecule has 0 bridgehead atoms. The van der Waals surface area contributed by atoms with Gasteiger partial charge in [0.25, 0.3) is 0 Å². The van der Waals surface area contributed by atoms with Gasteiger partial charge in [0.1, 0.15) is 11.4 Å². The summed E-state index contributed by atoms with van der Waals surface area (Å²) in [5.41, 5.74) is 0.353. The predicted octanol–water partition coefficient (Wildman–Crippen LogP) is 0.389. The van der Waals surface area contributed by atoms with E-state index in [1.165, 1.54) is 13.2 Å². The number of hydrogen-bond donors (Lipinski definition) is 1. The van der Waals surface area contributed by atoms with Gasteiger partial charge in [-0.05, 0) is 18.2 Å². The Kier molecular flexibility index (Phi) is 3.75. The maximum Gasteiger partial charge on any atom is 0.355 e. The Labute approximate surface area is 116 Å². The van der Waals surface area contributed by atoms with Gasteiger partial charge in [0.2, 0.25) is 0 Å². The Morgan fingerprint density at radius 2 is 1.95 bits per heavy atom. The Morgan fingerprint density at radius 3 is 2.60 bits per heavy atom. The number of rotatable bonds is 3. The molecule has 1 aromatic carbocycles. The Balaban J connectivity index is 2.56. The summed E-state index contributed by atoms with van der Waals surface area (Å²) in [6, 6.07) is 6.76. The van der Waals surface area contributed by atoms with Gasteiger partial charge in [0, 0.05) is 5.56 Å². The van der Waals surface area contributed by atoms with Crippen molar-refractivity contribution in [3.63, 3.8) is 0 Å². The molecule has 1 aliphatic heterocycles. The second-order valence-corrected chi connectivity index (χ2v) is 5.14. The zero-order valence-corrected chi connectivity index (χ0v) is 11.6. The minimum absolute atomic E-state index is 0.0987. The van der Waals surface area contributed by atoms with E-state index in [1.807, 2.05) is 4.72 Å². The van der Waals surface area contributed by atoms with Gasteiger partial charge in [-0.15, -0.1) is 4.40 Å². The highest BCUT2D eigenvalue weighted by molar-refractivity contribution is 7.88. The number of carbonyl (C=O) groups is 1. The molecule has 1 aromatic rings. The molecule has 7 nitrogen and oxygen atoms in total. The molecule has 106 valence electrons. The third-order valence-corrected chi connectivity index (χ3v) is 3.44. The lowest BCUT2D eigenvalue weighted by molar-refractivity contribution is -0.136. The number of ether oxygens (including phenoxy) is 2. The normalized spacial score (nSPS) is 16.5. The largest absolute Gasteiger partial charge is 0.496 e. The van der Waals surface area contributed by atoms with E-state index >= 15 is 0 Å². The maximum atomic E-state index is 11.7. The molecule has 0 unspecified atom stereocenters. The summed E-state index contributed by atoms with van der Waals surface area (Å²) in [6.07, 6.45) is 1.30. The van der Waals surface area contributed by atoms with Crippen LogP contribution in [-0.2, 0) is 19.7 Å². The second-order valence-electron chi connectivity index (χ2n) is 3.80. The summed E-state index contributed by atoms with van der Waals surface area (Å²) in [4.78, 5) is 11.5. The van der Waals surface area contributed by atoms with E-state index in [9.17, 15) is 13.2 Å². The standard InChI is InChI=1S/C12H12N2O5S/c1-18-11-6-4-3-5-8(11)9-7-10(12(15)19-2)14-20(16,17)13-9/h3-7,14H,1-2H3. The van der Waals surface area contributed by atoms with Crippen LogP contribution in [0.3, 0.4) is 0 Å². The number of allylic oxidation sites excluding steroid dienone is 1. The molecule has 8 heteroatoms. The molecule has 0 saturated heterocycles. The fraction of sp³-hybridized carbons (Fsp3) is 0.167. The third-order valence-electron chi connectivity index (χ3n) is 2.53. The Hall–Kier alpha value is -2.35. The Bertz CT molecular complexity index is 706. The van der Waals surface area contributed by atoms with Crippen LogP contribution in [0.4, 0.5) is 0 Å². The number of nitrogens with one attached hydrogen (secondary N) is 1. The zero-order valence-electron chi connectivity index (χ0n) is 10.8. The van der Waals surface area contributed by atoms with Gasteiger partial charge < -0.3 is 9.47 Å². The molecule has 20 heavy (non-hydrogen) atoms. The van der Waals surface area contributed by atoms with Crippen molar-refractivity contribution in [2.75, 3.05) is 14.2 Å². The topological polar surface area (TPSA) is 94.1 Å². The lowest BCUT2D eigenvalue weighted by atomic mass is 10.1. The second kappa shape index (κ2) is 5.33. The van der Waals surface area contributed by atoms with Crippen molar-refractivity contribution in [3.05, 3.63) is 41.6 Å². The zero-order chi connectivity index (χ0) is 14.8. The monoisotopic (exact) mass is 296 g/mol. The van der Waals surface area contributed by atoms with Crippen molar-refractivity contribution < 1.29 is 22.7 Å². The summed E-state index contributed by atoms with van der Waals surface area (Å²) in [5, 5.41) is 0. The molecule has 0 atom stereocenters. The third kappa shape index (κ3) is 2.80. The fourth-order valence-corrected chi connectivity index (χ4v) is 2.55. The van der Waals surface area contributed by atoms with Crippen LogP contribution in [0, 0.1) is 0 Å². The summed E-state index contributed by atoms with van der Waals surface area (Å²) in [6.45, 7) is 0. The van der Waals surface area contributed by atoms with Gasteiger partial charge in [0.05, 0.1) is 19.9 Å². The number of nitrogens with zero attached hydrogens (tertiary/aromatic N) is 1. The highest BCUT2D eigenvalue weighted by atomic mass is 32.2. The van der Waals surface area contributed by atoms with Gasteiger partial charge in [0.15, 0.2) is 0 Å². The van der Waals surface area contributed by atoms with Crippen LogP contribution < -0.4 is 9.46 Å². The van der Waals surface area contributed by atoms with Crippen LogP contribution in [-0.4, -0.2) is 34.3 Å². The number of hydrogen-bond acceptors (Lipinski definition) is 5. The van der Waals surface area contributed by atoms with E-state index in [4.69, 9.17) is 4.74 Å². The SMILES string of the molecule is COC(=O)C1=CC(c2ccccc2OC)=NS(=O)(=O)N1. The molecule has 0 saturated carbocycles. The van der Waals surface area contributed by atoms with Crippen molar-refractivity contribution in [1.82, 2.24) is 4.72 Å². The Morgan fingerprint density at radius 1 is 1.25 bits per heavy atom. The van der Waals surface area contributed by atoms with Gasteiger partial charge in [-0.25, -0.2) is 4.79 Å². The van der Waals surface area contributed by atoms with Gasteiger partial charge in [-0.1, -0.05) is 12.1 Å². The lowest BCUT2D eigenvalue weighted by Crippen LogP contribution is -2.31. The first-order valence-electron chi connectivity index (χ1n) is 5.53. The van der Waals surface area contributed by atoms with Crippen molar-refractivity contribution in [2.45, 2.75) is 0 Å². The van der Waals surface area contributed by atoms with Crippen LogP contribution in [0.25, 0.3) is 0 Å². The van der Waals surface area contributed by atoms with Crippen molar-refractivity contribution in [1.29, 1.82) is 0 Å². The molecule has 0 amide bonds. The maximum absolute atomic E-state index is 11.7. The highest BCUT2D eigenvalue weighted by Gasteiger charge is 2.25. The molecule has 0 spiro atoms. The van der Waals surface area contributed by atoms with E-state index < -0.39 is 16.2 Å². The molecule has 1 aliphatic rings. The van der Waals surface area contributed by atoms with E-state index in [0.29, 0.717) is 11.3 Å². The van der Waals surface area contributed by atoms with Gasteiger partial charge in [-0.3, -0.25) is 4.72 Å². The van der Waals surface area contributed by atoms with E-state index in [-0.39, 0.29) is 11.4 Å². The van der Waals surface area contributed by atoms with Crippen LogP contribution in [0.2, 0.25) is 0 Å². The number of methoxy groups -OCH3 is 2. The highest BCUT2D eigenvalue weighted by Crippen LogP contribution is 2.21. The predicted molar refractivity (Wildman–Crippen MR) is 71.7 cm³/mol. The molecule has 0 radical (unpaired) electrons. The van der Waals surface area contributed by atoms with Crippen LogP contribution in [0.1, 0.15) is 5.56 Å². The molecule has 0 aliphatic carbocycles. The number of benzene rings is 1. The molecule has 2 rings (SSSR count). The number of para-hydroxylation sites is 1. The molecule has 1 heterocycles. The minimum Gasteiger partial charge on any atom is -0.496 e. The lowest BCUT2D eigenvalue weighted by Gasteiger charge is -2.15. The average Bonchev–Trinajstić information content (AvgIpc) is 2.44. The van der Waals surface area contributed by atoms with E-state index in [2.05, 4.69) is 9.13 Å². The molecule has 1 N–H and O–H groups in total. The summed E-state index contributed by atoms with van der Waals surface area (Å²) in [5.74, 6) is -0.348. The molecule has 0 fully saturated rings. The van der Waals surface area contributed by atoms with Crippen molar-refractivity contribution in [2.24, 2.45) is 4.40 Å². The van der Waals surface area contributed by atoms with Crippen molar-refractivity contribution in [3.8, 4) is 5.75 Å². The molecular weight excluding hydrogens is 284 g/mol. The summed E-state index contributed by atoms with van der Waals surface area (Å²) in [7, 11) is -1.38. The van der Waals surface area contributed by atoms with Gasteiger partial charge >= 0.3 is 16.2 Å². The average molecular weight is 296 g/mol. The molecular formula is C12H12N2O5S. The summed E-state index contributed by atoms with van der Waals surface area (Å²) >= 11 is 0. The van der Waals surface area contributed by atoms with Crippen molar-refractivity contribution >= 4 is 21.9 Å². The smallest absolute Gasteiger partial charge is 0.355 e. The molecule has 0 aromatic heterocycles. The first-order chi connectivity index (χ1) is 9.46. The number of carbonyl (C=O) groups excluding carboxylic acids is 1. The summed E-state index contributed by atoms with van der Waals surface area (Å²) < 4.78 is 38.6. The quantitative estimate of drug-likeness (QED) is 0.814. The van der Waals surface area contributed by atoms with Gasteiger partial charge in [-0.2, -0.15) is 8.42 Å². The fourth-order valence-electron chi connectivity index (χ4n) is 1.68. The van der Waals surface area contributed by atoms with Crippen LogP contribution in [0.15, 0.2) is 40.4 Å². The first-order valence-corrected chi connectivity index (χ1v) is 6.97. The van der Waals surface area contributed by atoms with E-state index in [1.54, 1.807) is 24.3 Å². The van der Waals surface area contributed by atoms with Crippen LogP contribution >= 0.6 is 0 Å². The van der Waals surface area contributed by atoms with E-state index in [0.717, 1.165) is 7.11 Å².